The zero-order valence-electron chi connectivity index (χ0n) is 18.6. The van der Waals surface area contributed by atoms with E-state index in [0.717, 1.165) is 20.1 Å². The summed E-state index contributed by atoms with van der Waals surface area (Å²) < 4.78 is 1.69. The Balaban J connectivity index is 1.86. The smallest absolute Gasteiger partial charge is 0.170 e. The molecule has 0 fully saturated rings. The van der Waals surface area contributed by atoms with Crippen molar-refractivity contribution in [3.8, 4) is 0 Å². The maximum absolute atomic E-state index is 13.5. The maximum Gasteiger partial charge on any atom is 0.170 e. The van der Waals surface area contributed by atoms with E-state index in [1.165, 1.54) is 0 Å². The summed E-state index contributed by atoms with van der Waals surface area (Å²) in [7, 11) is 0. The number of carbonyl (C=O) groups is 2. The van der Waals surface area contributed by atoms with Gasteiger partial charge in [-0.25, -0.2) is 0 Å². The van der Waals surface area contributed by atoms with Gasteiger partial charge in [-0.1, -0.05) is 93.5 Å². The van der Waals surface area contributed by atoms with E-state index in [9.17, 15) is 14.7 Å². The molecular formula is C28H25Br2NO3. The maximum atomic E-state index is 13.5. The van der Waals surface area contributed by atoms with Gasteiger partial charge in [0.2, 0.25) is 0 Å². The Morgan fingerprint density at radius 2 is 1.50 bits per heavy atom. The molecule has 0 radical (unpaired) electrons. The second kappa shape index (κ2) is 12.0. The topological polar surface area (TPSA) is 66.4 Å². The van der Waals surface area contributed by atoms with Crippen LogP contribution in [-0.4, -0.2) is 23.2 Å². The van der Waals surface area contributed by atoms with Crippen LogP contribution in [0.5, 0.6) is 0 Å². The number of hydrogen-bond acceptors (Lipinski definition) is 4. The molecule has 0 aromatic heterocycles. The van der Waals surface area contributed by atoms with E-state index in [1.54, 1.807) is 24.3 Å². The molecule has 0 heterocycles. The van der Waals surface area contributed by atoms with Crippen LogP contribution in [0.4, 0.5) is 0 Å². The highest BCUT2D eigenvalue weighted by Crippen LogP contribution is 2.29. The monoisotopic (exact) mass is 581 g/mol. The van der Waals surface area contributed by atoms with Gasteiger partial charge in [-0.3, -0.25) is 9.59 Å². The highest BCUT2D eigenvalue weighted by molar-refractivity contribution is 9.10. The Hall–Kier alpha value is -2.96. The summed E-state index contributed by atoms with van der Waals surface area (Å²) in [5.41, 5.74) is 3.43. The van der Waals surface area contributed by atoms with E-state index >= 15 is 0 Å². The number of ketones is 2. The highest BCUT2D eigenvalue weighted by atomic mass is 79.9. The van der Waals surface area contributed by atoms with Crippen LogP contribution in [0.25, 0.3) is 5.70 Å². The van der Waals surface area contributed by atoms with Crippen LogP contribution < -0.4 is 5.32 Å². The number of hydrogen-bond donors (Lipinski definition) is 2. The SMILES string of the molecule is C=C(O)CCNC(=C)c1ccc(C(CC(=O)c2ccc(Br)cc2)C(=O)c2cccc(Br)c2)cc1. The Labute approximate surface area is 216 Å². The van der Waals surface area contributed by atoms with Gasteiger partial charge in [0, 0.05) is 45.2 Å². The standard InChI is InChI=1S/C28H25Br2NO3/c1-18(32)14-15-31-19(2)20-6-8-21(9-7-20)26(28(34)23-4-3-5-25(30)16-23)17-27(33)22-10-12-24(29)13-11-22/h3-13,16,26,31-32H,1-2,14-15,17H2. The summed E-state index contributed by atoms with van der Waals surface area (Å²) in [4.78, 5) is 26.6. The van der Waals surface area contributed by atoms with Crippen molar-refractivity contribution in [1.29, 1.82) is 0 Å². The average molecular weight is 583 g/mol. The number of Topliss-reactive ketones (excluding diaryl/α,β-unsaturated/α-hetero) is 2. The van der Waals surface area contributed by atoms with Crippen molar-refractivity contribution in [2.75, 3.05) is 6.54 Å². The minimum atomic E-state index is -0.626. The van der Waals surface area contributed by atoms with Crippen molar-refractivity contribution in [3.05, 3.63) is 123 Å². The van der Waals surface area contributed by atoms with E-state index in [1.807, 2.05) is 48.5 Å². The Bertz CT molecular complexity index is 1200. The van der Waals surface area contributed by atoms with Gasteiger partial charge in [0.1, 0.15) is 0 Å². The number of rotatable bonds is 11. The summed E-state index contributed by atoms with van der Waals surface area (Å²) in [6.45, 7) is 8.02. The van der Waals surface area contributed by atoms with Gasteiger partial charge >= 0.3 is 0 Å². The average Bonchev–Trinajstić information content (AvgIpc) is 2.82. The minimum Gasteiger partial charge on any atom is -0.513 e. The molecule has 0 aliphatic rings. The molecule has 0 amide bonds. The van der Waals surface area contributed by atoms with Gasteiger partial charge < -0.3 is 10.4 Å². The molecule has 4 nitrogen and oxygen atoms in total. The molecular weight excluding hydrogens is 558 g/mol. The van der Waals surface area contributed by atoms with Crippen molar-refractivity contribution in [3.63, 3.8) is 0 Å². The van der Waals surface area contributed by atoms with Gasteiger partial charge in [0.05, 0.1) is 11.7 Å². The van der Waals surface area contributed by atoms with Crippen LogP contribution >= 0.6 is 31.9 Å². The first-order chi connectivity index (χ1) is 16.2. The van der Waals surface area contributed by atoms with Gasteiger partial charge in [-0.2, -0.15) is 0 Å². The summed E-state index contributed by atoms with van der Waals surface area (Å²) in [6, 6.07) is 21.8. The fourth-order valence-corrected chi connectivity index (χ4v) is 4.18. The second-order valence-corrected chi connectivity index (χ2v) is 9.74. The van der Waals surface area contributed by atoms with Crippen LogP contribution in [0.3, 0.4) is 0 Å². The van der Waals surface area contributed by atoms with E-state index in [4.69, 9.17) is 0 Å². The molecule has 34 heavy (non-hydrogen) atoms. The predicted octanol–water partition coefficient (Wildman–Crippen LogP) is 7.47. The third-order valence-electron chi connectivity index (χ3n) is 5.39. The zero-order chi connectivity index (χ0) is 24.7. The van der Waals surface area contributed by atoms with Crippen LogP contribution in [0, 0.1) is 0 Å². The molecule has 0 spiro atoms. The predicted molar refractivity (Wildman–Crippen MR) is 144 cm³/mol. The Morgan fingerprint density at radius 1 is 0.853 bits per heavy atom. The fourth-order valence-electron chi connectivity index (χ4n) is 3.52. The lowest BCUT2D eigenvalue weighted by molar-refractivity contribution is 0.0893. The molecule has 1 unspecified atom stereocenters. The van der Waals surface area contributed by atoms with E-state index in [2.05, 4.69) is 50.3 Å². The van der Waals surface area contributed by atoms with Gasteiger partial charge in [0.25, 0.3) is 0 Å². The molecule has 0 saturated carbocycles. The van der Waals surface area contributed by atoms with Gasteiger partial charge in [-0.05, 0) is 35.4 Å². The van der Waals surface area contributed by atoms with Crippen LogP contribution in [-0.2, 0) is 0 Å². The van der Waals surface area contributed by atoms with E-state index in [-0.39, 0.29) is 23.7 Å². The lowest BCUT2D eigenvalue weighted by Gasteiger charge is -2.17. The Morgan fingerprint density at radius 3 is 2.12 bits per heavy atom. The molecule has 6 heteroatoms. The molecule has 0 aliphatic heterocycles. The largest absolute Gasteiger partial charge is 0.513 e. The van der Waals surface area contributed by atoms with Crippen LogP contribution in [0.1, 0.15) is 50.6 Å². The minimum absolute atomic E-state index is 0.0597. The van der Waals surface area contributed by atoms with Crippen LogP contribution in [0.15, 0.2) is 101 Å². The number of aliphatic hydroxyl groups is 1. The van der Waals surface area contributed by atoms with Crippen molar-refractivity contribution < 1.29 is 14.7 Å². The molecule has 3 aromatic rings. The van der Waals surface area contributed by atoms with Crippen LogP contribution in [0.2, 0.25) is 0 Å². The fraction of sp³-hybridized carbons (Fsp3) is 0.143. The molecule has 2 N–H and O–H groups in total. The van der Waals surface area contributed by atoms with Crippen molar-refractivity contribution >= 4 is 49.1 Å². The first-order valence-electron chi connectivity index (χ1n) is 10.7. The summed E-state index contributed by atoms with van der Waals surface area (Å²) in [5, 5.41) is 12.4. The lowest BCUT2D eigenvalue weighted by atomic mass is 9.85. The highest BCUT2D eigenvalue weighted by Gasteiger charge is 2.26. The third kappa shape index (κ3) is 7.02. The molecule has 3 aromatic carbocycles. The molecule has 1 atom stereocenters. The molecule has 0 saturated heterocycles. The first-order valence-corrected chi connectivity index (χ1v) is 12.3. The lowest BCUT2D eigenvalue weighted by Crippen LogP contribution is -2.18. The molecule has 3 rings (SSSR count). The number of benzene rings is 3. The van der Waals surface area contributed by atoms with Gasteiger partial charge in [-0.15, -0.1) is 0 Å². The zero-order valence-corrected chi connectivity index (χ0v) is 21.7. The van der Waals surface area contributed by atoms with Gasteiger partial charge in [0.15, 0.2) is 11.6 Å². The number of carbonyl (C=O) groups excluding carboxylic acids is 2. The third-order valence-corrected chi connectivity index (χ3v) is 6.42. The van der Waals surface area contributed by atoms with E-state index in [0.29, 0.717) is 29.8 Å². The molecule has 0 aliphatic carbocycles. The number of nitrogens with one attached hydrogen (secondary N) is 1. The van der Waals surface area contributed by atoms with E-state index < -0.39 is 5.92 Å². The second-order valence-electron chi connectivity index (χ2n) is 7.90. The quantitative estimate of drug-likeness (QED) is 0.182. The Kier molecular flexibility index (Phi) is 9.02. The van der Waals surface area contributed by atoms with Crippen molar-refractivity contribution in [2.45, 2.75) is 18.8 Å². The van der Waals surface area contributed by atoms with Crippen molar-refractivity contribution in [2.24, 2.45) is 0 Å². The summed E-state index contributed by atoms with van der Waals surface area (Å²) in [5.74, 6) is -0.725. The summed E-state index contributed by atoms with van der Waals surface area (Å²) in [6.07, 6.45) is 0.489. The molecule has 0 bridgehead atoms. The molecule has 174 valence electrons. The number of halogens is 2. The summed E-state index contributed by atoms with van der Waals surface area (Å²) >= 11 is 6.81. The first kappa shape index (κ1) is 25.7. The van der Waals surface area contributed by atoms with Crippen molar-refractivity contribution in [1.82, 2.24) is 5.32 Å². The normalized spacial score (nSPS) is 11.5. The number of aliphatic hydroxyl groups excluding tert-OH is 1.